The van der Waals surface area contributed by atoms with E-state index in [0.29, 0.717) is 23.7 Å². The maximum atomic E-state index is 12.1. The van der Waals surface area contributed by atoms with Gasteiger partial charge in [-0.2, -0.15) is 0 Å². The average Bonchev–Trinajstić information content (AvgIpc) is 3.08. The number of hydrogen-bond acceptors (Lipinski definition) is 2. The molecule has 0 radical (unpaired) electrons. The number of fused-ring (bicyclic) bond motifs is 1. The Balaban J connectivity index is 1.58. The second-order valence-corrected chi connectivity index (χ2v) is 6.95. The fourth-order valence-corrected chi connectivity index (χ4v) is 4.14. The van der Waals surface area contributed by atoms with Crippen LogP contribution in [0.1, 0.15) is 39.2 Å². The molecule has 2 heteroatoms. The Bertz CT molecular complexity index is 493. The molecule has 1 aromatic carbocycles. The Morgan fingerprint density at radius 3 is 2.60 bits per heavy atom. The van der Waals surface area contributed by atoms with Crippen LogP contribution >= 0.6 is 0 Å². The van der Waals surface area contributed by atoms with Crippen LogP contribution in [0.4, 0.5) is 0 Å². The summed E-state index contributed by atoms with van der Waals surface area (Å²) < 4.78 is 5.76. The first-order valence-electron chi connectivity index (χ1n) is 7.76. The van der Waals surface area contributed by atoms with Gasteiger partial charge in [-0.15, -0.1) is 0 Å². The molecule has 4 atom stereocenters. The Hall–Kier alpha value is -1.31. The SMILES string of the molecule is CC1C(OC(=O)Cc2ccccc2)CC2(C(C)C)CC12. The molecule has 2 saturated carbocycles. The van der Waals surface area contributed by atoms with E-state index in [1.165, 1.54) is 6.42 Å². The molecule has 4 unspecified atom stereocenters. The van der Waals surface area contributed by atoms with E-state index in [-0.39, 0.29) is 12.1 Å². The fraction of sp³-hybridized carbons (Fsp3) is 0.611. The molecule has 2 nitrogen and oxygen atoms in total. The summed E-state index contributed by atoms with van der Waals surface area (Å²) in [5.41, 5.74) is 1.50. The van der Waals surface area contributed by atoms with Crippen LogP contribution in [-0.4, -0.2) is 12.1 Å². The van der Waals surface area contributed by atoms with Crippen LogP contribution in [0.2, 0.25) is 0 Å². The lowest BCUT2D eigenvalue weighted by Gasteiger charge is -2.22. The maximum absolute atomic E-state index is 12.1. The van der Waals surface area contributed by atoms with E-state index in [1.807, 2.05) is 30.3 Å². The topological polar surface area (TPSA) is 26.3 Å². The van der Waals surface area contributed by atoms with E-state index < -0.39 is 0 Å². The zero-order valence-electron chi connectivity index (χ0n) is 12.6. The third kappa shape index (κ3) is 2.25. The third-order valence-corrected chi connectivity index (χ3v) is 5.60. The van der Waals surface area contributed by atoms with Gasteiger partial charge in [-0.1, -0.05) is 51.1 Å². The summed E-state index contributed by atoms with van der Waals surface area (Å²) in [4.78, 5) is 12.1. The average molecular weight is 272 g/mol. The number of benzene rings is 1. The van der Waals surface area contributed by atoms with E-state index in [9.17, 15) is 4.79 Å². The van der Waals surface area contributed by atoms with Gasteiger partial charge in [0.15, 0.2) is 0 Å². The monoisotopic (exact) mass is 272 g/mol. The maximum Gasteiger partial charge on any atom is 0.310 e. The Morgan fingerprint density at radius 2 is 2.00 bits per heavy atom. The predicted octanol–water partition coefficient (Wildman–Crippen LogP) is 3.84. The van der Waals surface area contributed by atoms with Crippen LogP contribution in [0.3, 0.4) is 0 Å². The van der Waals surface area contributed by atoms with E-state index in [1.54, 1.807) is 0 Å². The van der Waals surface area contributed by atoms with Crippen LogP contribution in [0.5, 0.6) is 0 Å². The number of hydrogen-bond donors (Lipinski definition) is 0. The molecular weight excluding hydrogens is 248 g/mol. The van der Waals surface area contributed by atoms with Crippen molar-refractivity contribution >= 4 is 5.97 Å². The first-order chi connectivity index (χ1) is 9.53. The fourth-order valence-electron chi connectivity index (χ4n) is 4.14. The second-order valence-electron chi connectivity index (χ2n) is 6.95. The van der Waals surface area contributed by atoms with Crippen molar-refractivity contribution in [3.63, 3.8) is 0 Å². The zero-order valence-corrected chi connectivity index (χ0v) is 12.6. The van der Waals surface area contributed by atoms with Crippen molar-refractivity contribution in [2.24, 2.45) is 23.2 Å². The van der Waals surface area contributed by atoms with E-state index in [0.717, 1.165) is 17.9 Å². The minimum atomic E-state index is -0.0757. The molecule has 2 aliphatic carbocycles. The van der Waals surface area contributed by atoms with E-state index >= 15 is 0 Å². The van der Waals surface area contributed by atoms with Crippen LogP contribution < -0.4 is 0 Å². The highest BCUT2D eigenvalue weighted by Crippen LogP contribution is 2.70. The Morgan fingerprint density at radius 1 is 1.30 bits per heavy atom. The standard InChI is InChI=1S/C18H24O2/c1-12(2)18-10-15(18)13(3)16(11-18)20-17(19)9-14-7-5-4-6-8-14/h4-8,12-13,15-16H,9-11H2,1-3H3. The lowest BCUT2D eigenvalue weighted by molar-refractivity contribution is -0.150. The number of ether oxygens (including phenoxy) is 1. The highest BCUT2D eigenvalue weighted by Gasteiger charge is 2.65. The number of esters is 1. The molecule has 1 aromatic rings. The van der Waals surface area contributed by atoms with E-state index in [2.05, 4.69) is 20.8 Å². The van der Waals surface area contributed by atoms with Crippen molar-refractivity contribution in [2.75, 3.05) is 0 Å². The number of rotatable bonds is 4. The van der Waals surface area contributed by atoms with Crippen molar-refractivity contribution in [1.29, 1.82) is 0 Å². The molecular formula is C18H24O2. The summed E-state index contributed by atoms with van der Waals surface area (Å²) in [7, 11) is 0. The highest BCUT2D eigenvalue weighted by molar-refractivity contribution is 5.72. The largest absolute Gasteiger partial charge is 0.462 e. The van der Waals surface area contributed by atoms with Crippen molar-refractivity contribution in [2.45, 2.75) is 46.1 Å². The van der Waals surface area contributed by atoms with Crippen molar-refractivity contribution in [3.05, 3.63) is 35.9 Å². The second kappa shape index (κ2) is 4.91. The highest BCUT2D eigenvalue weighted by atomic mass is 16.5. The van der Waals surface area contributed by atoms with Gasteiger partial charge in [0.1, 0.15) is 6.10 Å². The van der Waals surface area contributed by atoms with Gasteiger partial charge in [0.25, 0.3) is 0 Å². The molecule has 0 heterocycles. The van der Waals surface area contributed by atoms with Gasteiger partial charge < -0.3 is 4.74 Å². The number of carbonyl (C=O) groups is 1. The molecule has 0 bridgehead atoms. The van der Waals surface area contributed by atoms with Gasteiger partial charge in [0.2, 0.25) is 0 Å². The summed E-state index contributed by atoms with van der Waals surface area (Å²) in [6.45, 7) is 6.87. The third-order valence-electron chi connectivity index (χ3n) is 5.60. The predicted molar refractivity (Wildman–Crippen MR) is 79.2 cm³/mol. The molecule has 0 saturated heterocycles. The Kier molecular flexibility index (Phi) is 3.35. The van der Waals surface area contributed by atoms with Gasteiger partial charge in [-0.3, -0.25) is 4.79 Å². The normalized spacial score (nSPS) is 34.9. The van der Waals surface area contributed by atoms with Crippen LogP contribution in [0.25, 0.3) is 0 Å². The summed E-state index contributed by atoms with van der Waals surface area (Å²) in [5, 5.41) is 0. The summed E-state index contributed by atoms with van der Waals surface area (Å²) in [5.74, 6) is 1.93. The quantitative estimate of drug-likeness (QED) is 0.778. The Labute approximate surface area is 121 Å². The molecule has 0 N–H and O–H groups in total. The van der Waals surface area contributed by atoms with Crippen LogP contribution in [-0.2, 0) is 16.0 Å². The van der Waals surface area contributed by atoms with Gasteiger partial charge in [0, 0.05) is 0 Å². The smallest absolute Gasteiger partial charge is 0.310 e. The molecule has 20 heavy (non-hydrogen) atoms. The van der Waals surface area contributed by atoms with E-state index in [4.69, 9.17) is 4.74 Å². The number of carbonyl (C=O) groups excluding carboxylic acids is 1. The lowest BCUT2D eigenvalue weighted by Crippen LogP contribution is -2.25. The van der Waals surface area contributed by atoms with Gasteiger partial charge in [0.05, 0.1) is 6.42 Å². The summed E-state index contributed by atoms with van der Waals surface area (Å²) in [6.07, 6.45) is 2.92. The summed E-state index contributed by atoms with van der Waals surface area (Å²) >= 11 is 0. The van der Waals surface area contributed by atoms with Gasteiger partial charge in [-0.25, -0.2) is 0 Å². The van der Waals surface area contributed by atoms with Crippen molar-refractivity contribution in [1.82, 2.24) is 0 Å². The van der Waals surface area contributed by atoms with Crippen molar-refractivity contribution in [3.8, 4) is 0 Å². The molecule has 3 rings (SSSR count). The summed E-state index contributed by atoms with van der Waals surface area (Å²) in [6, 6.07) is 9.85. The first-order valence-corrected chi connectivity index (χ1v) is 7.76. The van der Waals surface area contributed by atoms with Gasteiger partial charge in [-0.05, 0) is 41.6 Å². The molecule has 0 spiro atoms. The lowest BCUT2D eigenvalue weighted by atomic mass is 9.89. The van der Waals surface area contributed by atoms with Gasteiger partial charge >= 0.3 is 5.97 Å². The van der Waals surface area contributed by atoms with Crippen LogP contribution in [0.15, 0.2) is 30.3 Å². The van der Waals surface area contributed by atoms with Crippen molar-refractivity contribution < 1.29 is 9.53 Å². The molecule has 108 valence electrons. The minimum Gasteiger partial charge on any atom is -0.462 e. The molecule has 0 aromatic heterocycles. The van der Waals surface area contributed by atoms with Crippen LogP contribution in [0, 0.1) is 23.2 Å². The molecule has 2 fully saturated rings. The zero-order chi connectivity index (χ0) is 14.3. The first kappa shape index (κ1) is 13.7. The minimum absolute atomic E-state index is 0.0757. The molecule has 2 aliphatic rings. The molecule has 0 aliphatic heterocycles. The molecule has 0 amide bonds.